The van der Waals surface area contributed by atoms with E-state index in [2.05, 4.69) is 14.5 Å². The highest BCUT2D eigenvalue weighted by Crippen LogP contribution is 2.17. The molecular weight excluding hydrogens is 452 g/mol. The zero-order chi connectivity index (χ0) is 25.6. The van der Waals surface area contributed by atoms with Crippen molar-refractivity contribution in [3.05, 3.63) is 0 Å². The van der Waals surface area contributed by atoms with Gasteiger partial charge in [0.25, 0.3) is 12.5 Å². The van der Waals surface area contributed by atoms with Crippen molar-refractivity contribution in [1.82, 2.24) is 14.7 Å². The lowest BCUT2D eigenvalue weighted by atomic mass is 10.1. The smallest absolute Gasteiger partial charge is 0.329 e. The second-order valence-electron chi connectivity index (χ2n) is 8.48. The third kappa shape index (κ3) is 13.2. The second kappa shape index (κ2) is 20.1. The van der Waals surface area contributed by atoms with Gasteiger partial charge in [-0.05, 0) is 51.4 Å². The van der Waals surface area contributed by atoms with Gasteiger partial charge in [-0.15, -0.1) is 0 Å². The monoisotopic (exact) mass is 490 g/mol. The molecule has 11 heteroatoms. The standard InChI is InChI=1S/C24H38N6O5/c25-19-34-17-11-5-3-9-15-29-22-28(14-8-2-1-7-13-27-21-31)23(32)30(24(29)33)16-10-4-6-12-18-35-20-26/h1-18,22H2. The number of aliphatic imine (C=N–C) groups is 1. The first-order valence-electron chi connectivity index (χ1n) is 12.6. The predicted octanol–water partition coefficient (Wildman–Crippen LogP) is 4.12. The van der Waals surface area contributed by atoms with E-state index in [0.717, 1.165) is 70.6 Å². The Hall–Kier alpha value is -3.30. The van der Waals surface area contributed by atoms with Gasteiger partial charge in [0.05, 0.1) is 13.2 Å². The number of hydrogen-bond donors (Lipinski definition) is 0. The van der Waals surface area contributed by atoms with Crippen LogP contribution in [0.3, 0.4) is 0 Å². The summed E-state index contributed by atoms with van der Waals surface area (Å²) >= 11 is 0. The molecule has 0 bridgehead atoms. The van der Waals surface area contributed by atoms with Gasteiger partial charge in [-0.3, -0.25) is 0 Å². The average Bonchev–Trinajstić information content (AvgIpc) is 2.86. The fraction of sp³-hybridized carbons (Fsp3) is 0.792. The number of carbonyl (C=O) groups is 2. The number of amides is 4. The van der Waals surface area contributed by atoms with Gasteiger partial charge in [-0.1, -0.05) is 25.7 Å². The number of isocyanates is 1. The van der Waals surface area contributed by atoms with E-state index in [1.807, 2.05) is 0 Å². The lowest BCUT2D eigenvalue weighted by Gasteiger charge is -2.41. The van der Waals surface area contributed by atoms with Crippen LogP contribution in [0.2, 0.25) is 0 Å². The Kier molecular flexibility index (Phi) is 17.1. The maximum atomic E-state index is 13.0. The van der Waals surface area contributed by atoms with Crippen molar-refractivity contribution < 1.29 is 23.9 Å². The predicted molar refractivity (Wildman–Crippen MR) is 127 cm³/mol. The molecule has 0 aromatic rings. The van der Waals surface area contributed by atoms with Crippen LogP contribution in [0.4, 0.5) is 9.59 Å². The van der Waals surface area contributed by atoms with E-state index < -0.39 is 0 Å². The molecule has 1 saturated heterocycles. The van der Waals surface area contributed by atoms with E-state index in [-0.39, 0.29) is 12.1 Å². The Bertz CT molecular complexity index is 744. The van der Waals surface area contributed by atoms with Gasteiger partial charge in [0.2, 0.25) is 6.08 Å². The number of unbranched alkanes of at least 4 members (excludes halogenated alkanes) is 9. The normalized spacial score (nSPS) is 13.3. The average molecular weight is 491 g/mol. The van der Waals surface area contributed by atoms with E-state index in [0.29, 0.717) is 52.5 Å². The molecule has 0 atom stereocenters. The van der Waals surface area contributed by atoms with E-state index in [9.17, 15) is 14.4 Å². The quantitative estimate of drug-likeness (QED) is 0.102. The number of urea groups is 2. The highest BCUT2D eigenvalue weighted by atomic mass is 16.5. The van der Waals surface area contributed by atoms with Crippen LogP contribution in [0, 0.1) is 23.0 Å². The largest absolute Gasteiger partial charge is 0.428 e. The summed E-state index contributed by atoms with van der Waals surface area (Å²) < 4.78 is 9.35. The summed E-state index contributed by atoms with van der Waals surface area (Å²) in [6.07, 6.45) is 15.0. The first-order valence-corrected chi connectivity index (χ1v) is 12.6. The zero-order valence-electron chi connectivity index (χ0n) is 20.7. The van der Waals surface area contributed by atoms with Gasteiger partial charge < -0.3 is 19.3 Å². The molecule has 35 heavy (non-hydrogen) atoms. The summed E-state index contributed by atoms with van der Waals surface area (Å²) in [5, 5.41) is 16.8. The molecular formula is C24H38N6O5. The fourth-order valence-corrected chi connectivity index (χ4v) is 3.89. The Labute approximate surface area is 208 Å². The fourth-order valence-electron chi connectivity index (χ4n) is 3.89. The summed E-state index contributed by atoms with van der Waals surface area (Å²) in [6, 6.07) is -0.475. The van der Waals surface area contributed by atoms with Crippen molar-refractivity contribution in [2.24, 2.45) is 4.99 Å². The van der Waals surface area contributed by atoms with E-state index in [4.69, 9.17) is 10.5 Å². The molecule has 0 aliphatic carbocycles. The molecule has 1 heterocycles. The van der Waals surface area contributed by atoms with Crippen molar-refractivity contribution in [1.29, 1.82) is 10.5 Å². The van der Waals surface area contributed by atoms with Crippen molar-refractivity contribution in [2.45, 2.75) is 77.0 Å². The molecule has 0 aromatic carbocycles. The molecule has 1 rings (SSSR count). The van der Waals surface area contributed by atoms with Crippen molar-refractivity contribution >= 4 is 18.1 Å². The van der Waals surface area contributed by atoms with Crippen LogP contribution in [0.5, 0.6) is 0 Å². The molecule has 0 unspecified atom stereocenters. The summed E-state index contributed by atoms with van der Waals surface area (Å²) in [7, 11) is 0. The van der Waals surface area contributed by atoms with Crippen LogP contribution < -0.4 is 0 Å². The molecule has 0 spiro atoms. The van der Waals surface area contributed by atoms with Crippen LogP contribution in [0.25, 0.3) is 0 Å². The van der Waals surface area contributed by atoms with Crippen molar-refractivity contribution in [3.63, 3.8) is 0 Å². The molecule has 11 nitrogen and oxygen atoms in total. The Morgan fingerprint density at radius 2 is 1.14 bits per heavy atom. The van der Waals surface area contributed by atoms with E-state index >= 15 is 0 Å². The number of rotatable bonds is 21. The minimum absolute atomic E-state index is 0.237. The first-order chi connectivity index (χ1) is 17.2. The van der Waals surface area contributed by atoms with Crippen LogP contribution in [0.1, 0.15) is 77.0 Å². The lowest BCUT2D eigenvalue weighted by molar-refractivity contribution is 0.0757. The maximum absolute atomic E-state index is 13.0. The topological polar surface area (TPSA) is 139 Å². The molecule has 0 radical (unpaired) electrons. The highest BCUT2D eigenvalue weighted by Gasteiger charge is 2.36. The molecule has 194 valence electrons. The Morgan fingerprint density at radius 3 is 1.63 bits per heavy atom. The van der Waals surface area contributed by atoms with Gasteiger partial charge in [-0.2, -0.15) is 10.5 Å². The van der Waals surface area contributed by atoms with E-state index in [1.54, 1.807) is 22.3 Å². The number of nitriles is 2. The number of hydrogen-bond acceptors (Lipinski definition) is 8. The van der Waals surface area contributed by atoms with Crippen LogP contribution in [-0.4, -0.2) is 78.9 Å². The molecule has 1 aliphatic heterocycles. The van der Waals surface area contributed by atoms with Gasteiger partial charge in [0, 0.05) is 19.6 Å². The molecule has 0 aromatic heterocycles. The summed E-state index contributed by atoms with van der Waals surface area (Å²) in [5.74, 6) is 0. The number of nitrogens with zero attached hydrogens (tertiary/aromatic N) is 6. The molecule has 0 saturated carbocycles. The number of carbonyl (C=O) groups excluding carboxylic acids is 3. The van der Waals surface area contributed by atoms with Gasteiger partial charge in [0.1, 0.15) is 13.2 Å². The van der Waals surface area contributed by atoms with Gasteiger partial charge in [-0.25, -0.2) is 24.3 Å². The molecule has 4 amide bonds. The van der Waals surface area contributed by atoms with Crippen LogP contribution in [-0.2, 0) is 14.3 Å². The maximum Gasteiger partial charge on any atom is 0.329 e. The second-order valence-corrected chi connectivity index (χ2v) is 8.48. The molecule has 1 aliphatic rings. The lowest BCUT2D eigenvalue weighted by Crippen LogP contribution is -2.61. The SMILES string of the molecule is N#COCCCCCCN1CN(CCCCCCN=C=O)C(=O)N(CCCCCCOC#N)C1=O. The minimum atomic E-state index is -0.238. The number of ether oxygens (including phenoxy) is 2. The Morgan fingerprint density at radius 1 is 0.686 bits per heavy atom. The third-order valence-corrected chi connectivity index (χ3v) is 5.79. The Balaban J connectivity index is 2.53. The van der Waals surface area contributed by atoms with Crippen LogP contribution in [0.15, 0.2) is 4.99 Å². The number of imide groups is 1. The third-order valence-electron chi connectivity index (χ3n) is 5.79. The zero-order valence-corrected chi connectivity index (χ0v) is 20.7. The van der Waals surface area contributed by atoms with Crippen molar-refractivity contribution in [3.8, 4) is 12.5 Å². The van der Waals surface area contributed by atoms with Crippen LogP contribution >= 0.6 is 0 Å². The van der Waals surface area contributed by atoms with E-state index in [1.165, 1.54) is 11.0 Å². The molecule has 1 fully saturated rings. The van der Waals surface area contributed by atoms with Gasteiger partial charge in [0.15, 0.2) is 0 Å². The highest BCUT2D eigenvalue weighted by molar-refractivity contribution is 5.95. The minimum Gasteiger partial charge on any atom is -0.428 e. The molecule has 0 N–H and O–H groups in total. The summed E-state index contributed by atoms with van der Waals surface area (Å²) in [6.45, 7) is 3.11. The summed E-state index contributed by atoms with van der Waals surface area (Å²) in [4.78, 5) is 44.6. The summed E-state index contributed by atoms with van der Waals surface area (Å²) in [5.41, 5.74) is 0. The van der Waals surface area contributed by atoms with Crippen molar-refractivity contribution in [2.75, 3.05) is 46.1 Å². The van der Waals surface area contributed by atoms with Gasteiger partial charge >= 0.3 is 12.1 Å². The first kappa shape index (κ1) is 29.7.